The molecule has 0 bridgehead atoms. The van der Waals surface area contributed by atoms with Gasteiger partial charge < -0.3 is 10.3 Å². The Kier molecular flexibility index (Phi) is 4.68. The van der Waals surface area contributed by atoms with Crippen LogP contribution < -0.4 is 5.32 Å². The molecule has 1 atom stereocenters. The first-order valence-corrected chi connectivity index (χ1v) is 7.83. The van der Waals surface area contributed by atoms with E-state index in [4.69, 9.17) is 0 Å². The second-order valence-corrected chi connectivity index (χ2v) is 5.79. The van der Waals surface area contributed by atoms with Crippen molar-refractivity contribution in [2.45, 2.75) is 32.4 Å². The monoisotopic (exact) mass is 284 g/mol. The van der Waals surface area contributed by atoms with E-state index >= 15 is 0 Å². The lowest BCUT2D eigenvalue weighted by molar-refractivity contribution is 0.238. The van der Waals surface area contributed by atoms with E-state index in [2.05, 4.69) is 50.5 Å². The lowest BCUT2D eigenvalue weighted by Gasteiger charge is -2.28. The van der Waals surface area contributed by atoms with E-state index in [1.165, 1.54) is 31.5 Å². The molecule has 4 nitrogen and oxygen atoms in total. The van der Waals surface area contributed by atoms with Gasteiger partial charge in [0.15, 0.2) is 0 Å². The highest BCUT2D eigenvalue weighted by Gasteiger charge is 2.22. The van der Waals surface area contributed by atoms with Crippen LogP contribution in [0.15, 0.2) is 36.5 Å². The second-order valence-electron chi connectivity index (χ2n) is 5.79. The third-order valence-electron chi connectivity index (χ3n) is 4.17. The molecule has 2 N–H and O–H groups in total. The fourth-order valence-corrected chi connectivity index (χ4v) is 3.09. The smallest absolute Gasteiger partial charge is 0.103 e. The zero-order valence-corrected chi connectivity index (χ0v) is 12.7. The Morgan fingerprint density at radius 2 is 2.00 bits per heavy atom. The van der Waals surface area contributed by atoms with Crippen LogP contribution in [0.5, 0.6) is 0 Å². The molecule has 2 aromatic rings. The van der Waals surface area contributed by atoms with Gasteiger partial charge in [-0.1, -0.05) is 30.3 Å². The first-order valence-electron chi connectivity index (χ1n) is 7.83. The molecule has 0 saturated carbocycles. The van der Waals surface area contributed by atoms with Gasteiger partial charge in [0.05, 0.1) is 0 Å². The van der Waals surface area contributed by atoms with Crippen LogP contribution in [0.25, 0.3) is 0 Å². The number of benzene rings is 1. The number of aryl methyl sites for hydroxylation is 1. The first-order chi connectivity index (χ1) is 10.3. The number of hydrogen-bond donors (Lipinski definition) is 2. The highest BCUT2D eigenvalue weighted by atomic mass is 15.2. The van der Waals surface area contributed by atoms with Crippen LogP contribution in [-0.4, -0.2) is 34.5 Å². The molecule has 3 rings (SSSR count). The Morgan fingerprint density at radius 1 is 1.24 bits per heavy atom. The maximum atomic E-state index is 4.24. The van der Waals surface area contributed by atoms with E-state index in [1.807, 2.05) is 13.1 Å². The zero-order chi connectivity index (χ0) is 14.5. The van der Waals surface area contributed by atoms with E-state index < -0.39 is 0 Å². The summed E-state index contributed by atoms with van der Waals surface area (Å²) in [5, 5.41) is 3.58. The molecular formula is C17H24N4. The average Bonchev–Trinajstić information content (AvgIpc) is 3.16. The maximum absolute atomic E-state index is 4.24. The van der Waals surface area contributed by atoms with Crippen LogP contribution >= 0.6 is 0 Å². The molecule has 0 radical (unpaired) electrons. The number of nitrogens with zero attached hydrogens (tertiary/aromatic N) is 2. The molecule has 1 aromatic heterocycles. The summed E-state index contributed by atoms with van der Waals surface area (Å²) in [7, 11) is 0. The molecule has 0 spiro atoms. The minimum absolute atomic E-state index is 0.470. The average molecular weight is 284 g/mol. The lowest BCUT2D eigenvalue weighted by atomic mass is 10.1. The van der Waals surface area contributed by atoms with Gasteiger partial charge in [0, 0.05) is 31.0 Å². The van der Waals surface area contributed by atoms with Crippen molar-refractivity contribution in [2.75, 3.05) is 19.6 Å². The Bertz CT molecular complexity index is 543. The topological polar surface area (TPSA) is 44.0 Å². The number of imidazole rings is 1. The van der Waals surface area contributed by atoms with Gasteiger partial charge in [-0.2, -0.15) is 0 Å². The van der Waals surface area contributed by atoms with Crippen molar-refractivity contribution < 1.29 is 0 Å². The SMILES string of the molecule is Cc1ncc(CNCC(c2ccccc2)N2CCCC2)[nH]1. The third kappa shape index (κ3) is 3.71. The summed E-state index contributed by atoms with van der Waals surface area (Å²) in [6, 6.07) is 11.3. The van der Waals surface area contributed by atoms with Crippen LogP contribution in [0.4, 0.5) is 0 Å². The quantitative estimate of drug-likeness (QED) is 0.857. The molecular weight excluding hydrogens is 260 g/mol. The fraction of sp³-hybridized carbons (Fsp3) is 0.471. The van der Waals surface area contributed by atoms with Crippen molar-refractivity contribution in [3.05, 3.63) is 53.6 Å². The number of hydrogen-bond acceptors (Lipinski definition) is 3. The molecule has 1 fully saturated rings. The largest absolute Gasteiger partial charge is 0.345 e. The predicted molar refractivity (Wildman–Crippen MR) is 85.0 cm³/mol. The highest BCUT2D eigenvalue weighted by molar-refractivity contribution is 5.19. The molecule has 1 aliphatic rings. The van der Waals surface area contributed by atoms with Crippen molar-refractivity contribution in [3.8, 4) is 0 Å². The van der Waals surface area contributed by atoms with E-state index in [0.717, 1.165) is 24.6 Å². The summed E-state index contributed by atoms with van der Waals surface area (Å²) < 4.78 is 0. The van der Waals surface area contributed by atoms with Crippen molar-refractivity contribution in [3.63, 3.8) is 0 Å². The molecule has 1 saturated heterocycles. The van der Waals surface area contributed by atoms with Gasteiger partial charge >= 0.3 is 0 Å². The summed E-state index contributed by atoms with van der Waals surface area (Å²) in [5.74, 6) is 0.978. The number of aromatic amines is 1. The van der Waals surface area contributed by atoms with Gasteiger partial charge in [0.1, 0.15) is 5.82 Å². The minimum Gasteiger partial charge on any atom is -0.345 e. The highest BCUT2D eigenvalue weighted by Crippen LogP contribution is 2.24. The number of nitrogens with one attached hydrogen (secondary N) is 2. The molecule has 4 heteroatoms. The maximum Gasteiger partial charge on any atom is 0.103 e. The van der Waals surface area contributed by atoms with E-state index in [0.29, 0.717) is 6.04 Å². The zero-order valence-electron chi connectivity index (χ0n) is 12.7. The van der Waals surface area contributed by atoms with Crippen molar-refractivity contribution in [2.24, 2.45) is 0 Å². The van der Waals surface area contributed by atoms with Crippen molar-refractivity contribution in [1.82, 2.24) is 20.2 Å². The molecule has 1 aliphatic heterocycles. The van der Waals surface area contributed by atoms with Crippen LogP contribution in [0.3, 0.4) is 0 Å². The van der Waals surface area contributed by atoms with Crippen LogP contribution in [0.2, 0.25) is 0 Å². The molecule has 2 heterocycles. The molecule has 21 heavy (non-hydrogen) atoms. The van der Waals surface area contributed by atoms with Crippen LogP contribution in [-0.2, 0) is 6.54 Å². The molecule has 0 amide bonds. The number of H-pyrrole nitrogens is 1. The van der Waals surface area contributed by atoms with Crippen molar-refractivity contribution >= 4 is 0 Å². The van der Waals surface area contributed by atoms with Gasteiger partial charge in [-0.25, -0.2) is 4.98 Å². The van der Waals surface area contributed by atoms with Gasteiger partial charge in [-0.15, -0.1) is 0 Å². The Morgan fingerprint density at radius 3 is 2.67 bits per heavy atom. The number of likely N-dealkylation sites (tertiary alicyclic amines) is 1. The van der Waals surface area contributed by atoms with Gasteiger partial charge in [-0.3, -0.25) is 4.90 Å². The Labute approximate surface area is 126 Å². The van der Waals surface area contributed by atoms with Crippen LogP contribution in [0, 0.1) is 6.92 Å². The summed E-state index contributed by atoms with van der Waals surface area (Å²) in [4.78, 5) is 10.1. The lowest BCUT2D eigenvalue weighted by Crippen LogP contribution is -2.34. The standard InChI is InChI=1S/C17H24N4/c1-14-19-12-16(20-14)11-18-13-17(21-9-5-6-10-21)15-7-3-2-4-8-15/h2-4,7-8,12,17-18H,5-6,9-11,13H2,1H3,(H,19,20). The van der Waals surface area contributed by atoms with Gasteiger partial charge in [-0.05, 0) is 38.4 Å². The Balaban J connectivity index is 1.62. The molecule has 1 unspecified atom stereocenters. The van der Waals surface area contributed by atoms with Gasteiger partial charge in [0.25, 0.3) is 0 Å². The fourth-order valence-electron chi connectivity index (χ4n) is 3.09. The molecule has 1 aromatic carbocycles. The van der Waals surface area contributed by atoms with Crippen LogP contribution in [0.1, 0.15) is 36.0 Å². The summed E-state index contributed by atoms with van der Waals surface area (Å²) in [6.07, 6.45) is 4.56. The summed E-state index contributed by atoms with van der Waals surface area (Å²) in [6.45, 7) is 6.23. The predicted octanol–water partition coefficient (Wildman–Crippen LogP) is 2.64. The molecule has 112 valence electrons. The Hall–Kier alpha value is -1.65. The third-order valence-corrected chi connectivity index (χ3v) is 4.17. The van der Waals surface area contributed by atoms with E-state index in [1.54, 1.807) is 0 Å². The summed E-state index contributed by atoms with van der Waals surface area (Å²) in [5.41, 5.74) is 2.56. The number of rotatable bonds is 6. The van der Waals surface area contributed by atoms with Gasteiger partial charge in [0.2, 0.25) is 0 Å². The van der Waals surface area contributed by atoms with Crippen molar-refractivity contribution in [1.29, 1.82) is 0 Å². The number of aromatic nitrogens is 2. The molecule has 0 aliphatic carbocycles. The minimum atomic E-state index is 0.470. The normalized spacial score (nSPS) is 17.2. The summed E-state index contributed by atoms with van der Waals surface area (Å²) >= 11 is 0. The first kappa shape index (κ1) is 14.3. The second kappa shape index (κ2) is 6.87. The van der Waals surface area contributed by atoms with E-state index in [9.17, 15) is 0 Å². The van der Waals surface area contributed by atoms with E-state index in [-0.39, 0.29) is 0 Å².